The summed E-state index contributed by atoms with van der Waals surface area (Å²) in [5, 5.41) is 12.0. The minimum atomic E-state index is -0.556. The summed E-state index contributed by atoms with van der Waals surface area (Å²) in [5.41, 5.74) is 0.347. The maximum absolute atomic E-state index is 12.5. The average molecular weight is 393 g/mol. The number of carbonyl (C=O) groups excluding carboxylic acids is 1. The Balaban J connectivity index is 2.18. The topological polar surface area (TPSA) is 108 Å². The first kappa shape index (κ1) is 19.8. The quantitative estimate of drug-likeness (QED) is 0.578. The fourth-order valence-electron chi connectivity index (χ4n) is 2.16. The second-order valence-electron chi connectivity index (χ2n) is 5.25. The second-order valence-corrected chi connectivity index (χ2v) is 7.02. The first-order valence-electron chi connectivity index (χ1n) is 7.73. The number of aromatic nitrogens is 2. The number of ether oxygens (including phenoxy) is 1. The van der Waals surface area contributed by atoms with Crippen LogP contribution in [0.2, 0.25) is 5.02 Å². The minimum absolute atomic E-state index is 0.00221. The highest BCUT2D eigenvalue weighted by molar-refractivity contribution is 8.00. The van der Waals surface area contributed by atoms with Crippen molar-refractivity contribution in [3.8, 4) is 11.8 Å². The van der Waals surface area contributed by atoms with E-state index in [1.165, 1.54) is 7.11 Å². The van der Waals surface area contributed by atoms with Gasteiger partial charge in [0.2, 0.25) is 5.91 Å². The summed E-state index contributed by atoms with van der Waals surface area (Å²) in [4.78, 5) is 31.2. The number of nitriles is 1. The number of amides is 1. The summed E-state index contributed by atoms with van der Waals surface area (Å²) in [6.45, 7) is 3.49. The van der Waals surface area contributed by atoms with Crippen molar-refractivity contribution in [2.45, 2.75) is 30.7 Å². The zero-order valence-corrected chi connectivity index (χ0v) is 16.0. The van der Waals surface area contributed by atoms with Crippen molar-refractivity contribution in [2.24, 2.45) is 0 Å². The molecular formula is C17H17ClN4O3S. The number of aromatic amines is 1. The van der Waals surface area contributed by atoms with Crippen molar-refractivity contribution < 1.29 is 9.53 Å². The van der Waals surface area contributed by atoms with Crippen LogP contribution in [0, 0.1) is 11.3 Å². The van der Waals surface area contributed by atoms with E-state index in [4.69, 9.17) is 21.6 Å². The average Bonchev–Trinajstić information content (AvgIpc) is 2.61. The maximum atomic E-state index is 12.5. The summed E-state index contributed by atoms with van der Waals surface area (Å²) in [6, 6.07) is 6.75. The number of aryl methyl sites for hydroxylation is 1. The Labute approximate surface area is 159 Å². The molecule has 26 heavy (non-hydrogen) atoms. The van der Waals surface area contributed by atoms with Crippen molar-refractivity contribution in [3.63, 3.8) is 0 Å². The van der Waals surface area contributed by atoms with Gasteiger partial charge in [0.05, 0.1) is 23.7 Å². The minimum Gasteiger partial charge on any atom is -0.495 e. The Morgan fingerprint density at radius 1 is 1.54 bits per heavy atom. The number of carbonyl (C=O) groups is 1. The summed E-state index contributed by atoms with van der Waals surface area (Å²) in [6.07, 6.45) is 0.445. The van der Waals surface area contributed by atoms with Crippen molar-refractivity contribution in [1.82, 2.24) is 9.97 Å². The first-order chi connectivity index (χ1) is 12.4. The summed E-state index contributed by atoms with van der Waals surface area (Å²) < 4.78 is 5.20. The number of methoxy groups -OCH3 is 1. The lowest BCUT2D eigenvalue weighted by atomic mass is 10.2. The van der Waals surface area contributed by atoms with Crippen LogP contribution >= 0.6 is 23.4 Å². The molecule has 2 rings (SSSR count). The van der Waals surface area contributed by atoms with Gasteiger partial charge in [0, 0.05) is 5.02 Å². The van der Waals surface area contributed by atoms with E-state index < -0.39 is 10.8 Å². The number of thioether (sulfide) groups is 1. The molecule has 0 unspecified atom stereocenters. The van der Waals surface area contributed by atoms with Crippen LogP contribution in [0.25, 0.3) is 0 Å². The van der Waals surface area contributed by atoms with E-state index in [2.05, 4.69) is 15.3 Å². The van der Waals surface area contributed by atoms with E-state index in [1.54, 1.807) is 32.0 Å². The molecule has 1 amide bonds. The maximum Gasteiger partial charge on any atom is 0.269 e. The summed E-state index contributed by atoms with van der Waals surface area (Å²) in [7, 11) is 1.49. The molecule has 0 spiro atoms. The van der Waals surface area contributed by atoms with Crippen LogP contribution in [0.5, 0.6) is 5.75 Å². The Hall–Kier alpha value is -2.50. The van der Waals surface area contributed by atoms with Crippen LogP contribution < -0.4 is 15.6 Å². The Bertz CT molecular complexity index is 923. The molecule has 0 bridgehead atoms. The molecule has 1 aromatic heterocycles. The monoisotopic (exact) mass is 392 g/mol. The molecule has 1 aromatic carbocycles. The zero-order chi connectivity index (χ0) is 19.3. The molecule has 0 saturated heterocycles. The van der Waals surface area contributed by atoms with Crippen LogP contribution in [-0.2, 0) is 11.2 Å². The van der Waals surface area contributed by atoms with E-state index in [0.29, 0.717) is 28.6 Å². The molecule has 0 aliphatic rings. The Kier molecular flexibility index (Phi) is 6.66. The molecule has 2 N–H and O–H groups in total. The van der Waals surface area contributed by atoms with Gasteiger partial charge in [-0.25, -0.2) is 4.98 Å². The fraction of sp³-hybridized carbons (Fsp3) is 0.294. The van der Waals surface area contributed by atoms with E-state index >= 15 is 0 Å². The zero-order valence-electron chi connectivity index (χ0n) is 14.4. The smallest absolute Gasteiger partial charge is 0.269 e. The molecule has 136 valence electrons. The third kappa shape index (κ3) is 4.56. The standard InChI is InChI=1S/C17H17ClN4O3S/c1-4-12-11(8-19)16(24)22-17(21-12)26-9(2)15(23)20-13-7-10(18)5-6-14(13)25-3/h5-7,9H,4H2,1-3H3,(H,20,23)(H,21,22,24)/t9-/m0/s1. The number of halogens is 1. The normalized spacial score (nSPS) is 11.5. The van der Waals surface area contributed by atoms with E-state index in [0.717, 1.165) is 11.8 Å². The van der Waals surface area contributed by atoms with Gasteiger partial charge in [-0.1, -0.05) is 30.3 Å². The number of benzene rings is 1. The number of hydrogen-bond donors (Lipinski definition) is 2. The molecular weight excluding hydrogens is 376 g/mol. The molecule has 0 fully saturated rings. The molecule has 1 atom stereocenters. The van der Waals surface area contributed by atoms with Crippen molar-refractivity contribution >= 4 is 35.0 Å². The van der Waals surface area contributed by atoms with E-state index in [9.17, 15) is 9.59 Å². The number of nitrogens with one attached hydrogen (secondary N) is 2. The van der Waals surface area contributed by atoms with Gasteiger partial charge in [-0.15, -0.1) is 0 Å². The lowest BCUT2D eigenvalue weighted by Gasteiger charge is -2.14. The van der Waals surface area contributed by atoms with Gasteiger partial charge in [-0.05, 0) is 31.5 Å². The van der Waals surface area contributed by atoms with Crippen molar-refractivity contribution in [3.05, 3.63) is 44.8 Å². The van der Waals surface area contributed by atoms with Crippen molar-refractivity contribution in [1.29, 1.82) is 5.26 Å². The lowest BCUT2D eigenvalue weighted by molar-refractivity contribution is -0.115. The molecule has 1 heterocycles. The fourth-order valence-corrected chi connectivity index (χ4v) is 3.14. The highest BCUT2D eigenvalue weighted by atomic mass is 35.5. The largest absolute Gasteiger partial charge is 0.495 e. The molecule has 0 radical (unpaired) electrons. The third-order valence-corrected chi connectivity index (χ3v) is 4.72. The highest BCUT2D eigenvalue weighted by Crippen LogP contribution is 2.29. The SMILES string of the molecule is CCc1nc(S[C@@H](C)C(=O)Nc2cc(Cl)ccc2OC)[nH]c(=O)c1C#N. The van der Waals surface area contributed by atoms with Gasteiger partial charge in [0.1, 0.15) is 17.4 Å². The molecule has 0 aliphatic carbocycles. The van der Waals surface area contributed by atoms with Gasteiger partial charge in [0.15, 0.2) is 5.16 Å². The predicted molar refractivity (Wildman–Crippen MR) is 101 cm³/mol. The molecule has 0 aliphatic heterocycles. The molecule has 2 aromatic rings. The number of hydrogen-bond acceptors (Lipinski definition) is 6. The number of H-pyrrole nitrogens is 1. The predicted octanol–water partition coefficient (Wildman–Crippen LogP) is 2.99. The molecule has 7 nitrogen and oxygen atoms in total. The van der Waals surface area contributed by atoms with E-state index in [1.807, 2.05) is 6.07 Å². The van der Waals surface area contributed by atoms with Crippen molar-refractivity contribution in [2.75, 3.05) is 12.4 Å². The van der Waals surface area contributed by atoms with Gasteiger partial charge in [-0.2, -0.15) is 5.26 Å². The lowest BCUT2D eigenvalue weighted by Crippen LogP contribution is -2.24. The van der Waals surface area contributed by atoms with E-state index in [-0.39, 0.29) is 16.6 Å². The number of anilines is 1. The van der Waals surface area contributed by atoms with Crippen LogP contribution in [-0.4, -0.2) is 28.2 Å². The molecule has 9 heteroatoms. The highest BCUT2D eigenvalue weighted by Gasteiger charge is 2.19. The van der Waals surface area contributed by atoms with Crippen LogP contribution in [0.4, 0.5) is 5.69 Å². The molecule has 0 saturated carbocycles. The second kappa shape index (κ2) is 8.74. The summed E-state index contributed by atoms with van der Waals surface area (Å²) >= 11 is 7.05. The van der Waals surface area contributed by atoms with Gasteiger partial charge in [0.25, 0.3) is 5.56 Å². The Morgan fingerprint density at radius 3 is 2.88 bits per heavy atom. The van der Waals surface area contributed by atoms with Crippen LogP contribution in [0.3, 0.4) is 0 Å². The van der Waals surface area contributed by atoms with Crippen LogP contribution in [0.1, 0.15) is 25.1 Å². The van der Waals surface area contributed by atoms with Gasteiger partial charge >= 0.3 is 0 Å². The number of rotatable bonds is 6. The van der Waals surface area contributed by atoms with Gasteiger partial charge < -0.3 is 15.0 Å². The summed E-state index contributed by atoms with van der Waals surface area (Å²) in [5.74, 6) is 0.179. The van der Waals surface area contributed by atoms with Gasteiger partial charge in [-0.3, -0.25) is 9.59 Å². The number of nitrogens with zero attached hydrogens (tertiary/aromatic N) is 2. The first-order valence-corrected chi connectivity index (χ1v) is 8.99. The van der Waals surface area contributed by atoms with Crippen LogP contribution in [0.15, 0.2) is 28.2 Å². The Morgan fingerprint density at radius 2 is 2.27 bits per heavy atom. The third-order valence-electron chi connectivity index (χ3n) is 3.50.